The molecule has 1 aliphatic heterocycles. The van der Waals surface area contributed by atoms with Crippen LogP contribution in [0.15, 0.2) is 24.3 Å². The number of hydrogen-bond donors (Lipinski definition) is 1. The monoisotopic (exact) mass is 270 g/mol. The fourth-order valence-corrected chi connectivity index (χ4v) is 2.39. The van der Waals surface area contributed by atoms with E-state index in [1.54, 1.807) is 12.1 Å². The van der Waals surface area contributed by atoms with E-state index in [1.165, 1.54) is 12.1 Å². The second kappa shape index (κ2) is 4.86. The summed E-state index contributed by atoms with van der Waals surface area (Å²) in [6, 6.07) is 5.78. The molecule has 1 spiro atoms. The molecule has 1 saturated heterocycles. The first-order valence-corrected chi connectivity index (χ1v) is 5.98. The molecule has 0 unspecified atom stereocenters. The summed E-state index contributed by atoms with van der Waals surface area (Å²) in [7, 11) is 0. The minimum Gasteiger partial charge on any atom is -0.336 e. The summed E-state index contributed by atoms with van der Waals surface area (Å²) in [5.41, 5.74) is 0.762. The molecule has 1 saturated carbocycles. The second-order valence-corrected chi connectivity index (χ2v) is 4.94. The Bertz CT molecular complexity index is 445. The molecule has 1 amide bonds. The number of nitrogens with zero attached hydrogens (tertiary/aromatic N) is 1. The van der Waals surface area contributed by atoms with Crippen molar-refractivity contribution in [2.75, 3.05) is 19.6 Å². The first-order chi connectivity index (χ1) is 8.19. The third kappa shape index (κ3) is 2.49. The van der Waals surface area contributed by atoms with E-state index in [9.17, 15) is 9.18 Å². The molecule has 0 bridgehead atoms. The number of halogens is 2. The molecular formula is C13H16ClFN2O. The first kappa shape index (κ1) is 13.3. The van der Waals surface area contributed by atoms with E-state index in [1.807, 2.05) is 4.90 Å². The van der Waals surface area contributed by atoms with Gasteiger partial charge < -0.3 is 10.2 Å². The number of nitrogens with one attached hydrogen (secondary N) is 1. The number of amides is 1. The lowest BCUT2D eigenvalue weighted by atomic mass is 10.1. The average Bonchev–Trinajstić information content (AvgIpc) is 3.08. The Labute approximate surface area is 112 Å². The van der Waals surface area contributed by atoms with Gasteiger partial charge in [-0.2, -0.15) is 0 Å². The third-order valence-corrected chi connectivity index (χ3v) is 3.61. The summed E-state index contributed by atoms with van der Waals surface area (Å²) in [5.74, 6) is -0.293. The van der Waals surface area contributed by atoms with Gasteiger partial charge in [-0.3, -0.25) is 4.79 Å². The van der Waals surface area contributed by atoms with Crippen LogP contribution >= 0.6 is 12.4 Å². The molecule has 3 rings (SSSR count). The zero-order chi connectivity index (χ0) is 11.9. The van der Waals surface area contributed by atoms with Gasteiger partial charge in [-0.1, -0.05) is 0 Å². The topological polar surface area (TPSA) is 32.3 Å². The lowest BCUT2D eigenvalue weighted by Gasteiger charge is -2.34. The molecule has 2 fully saturated rings. The predicted octanol–water partition coefficient (Wildman–Crippen LogP) is 1.83. The van der Waals surface area contributed by atoms with E-state index >= 15 is 0 Å². The zero-order valence-electron chi connectivity index (χ0n) is 9.99. The number of piperazine rings is 1. The number of carbonyl (C=O) groups excluding carboxylic acids is 1. The van der Waals surface area contributed by atoms with Gasteiger partial charge in [-0.25, -0.2) is 4.39 Å². The summed E-state index contributed by atoms with van der Waals surface area (Å²) < 4.78 is 12.8. The van der Waals surface area contributed by atoms with Gasteiger partial charge in [0.1, 0.15) is 5.82 Å². The normalized spacial score (nSPS) is 20.4. The molecule has 0 radical (unpaired) electrons. The molecule has 0 aromatic heterocycles. The molecule has 5 heteroatoms. The minimum atomic E-state index is -0.305. The maximum Gasteiger partial charge on any atom is 0.253 e. The van der Waals surface area contributed by atoms with Crippen molar-refractivity contribution in [3.63, 3.8) is 0 Å². The van der Waals surface area contributed by atoms with Crippen molar-refractivity contribution in [2.24, 2.45) is 0 Å². The van der Waals surface area contributed by atoms with Gasteiger partial charge in [0.2, 0.25) is 0 Å². The van der Waals surface area contributed by atoms with Crippen LogP contribution < -0.4 is 5.32 Å². The fraction of sp³-hybridized carbons (Fsp3) is 0.462. The Morgan fingerprint density at radius 2 is 1.94 bits per heavy atom. The molecule has 2 aliphatic rings. The highest BCUT2D eigenvalue weighted by Gasteiger charge is 2.46. The van der Waals surface area contributed by atoms with Crippen molar-refractivity contribution in [3.8, 4) is 0 Å². The first-order valence-electron chi connectivity index (χ1n) is 5.98. The standard InChI is InChI=1S/C13H15FN2O.ClH/c14-11-3-1-10(2-4-11)12(17)16-8-7-15-13(9-16)5-6-13;/h1-4,15H,5-9H2;1H. The number of rotatable bonds is 1. The lowest BCUT2D eigenvalue weighted by molar-refractivity contribution is 0.0691. The van der Waals surface area contributed by atoms with E-state index in [-0.39, 0.29) is 29.7 Å². The van der Waals surface area contributed by atoms with Crippen molar-refractivity contribution in [3.05, 3.63) is 35.6 Å². The van der Waals surface area contributed by atoms with Crippen LogP contribution in [0.3, 0.4) is 0 Å². The molecule has 0 atom stereocenters. The van der Waals surface area contributed by atoms with Crippen LogP contribution in [-0.2, 0) is 0 Å². The van der Waals surface area contributed by atoms with E-state index in [2.05, 4.69) is 5.32 Å². The Balaban J connectivity index is 0.00000120. The molecule has 1 heterocycles. The molecule has 98 valence electrons. The smallest absolute Gasteiger partial charge is 0.253 e. The van der Waals surface area contributed by atoms with Crippen LogP contribution in [0, 0.1) is 5.82 Å². The fourth-order valence-electron chi connectivity index (χ4n) is 2.39. The van der Waals surface area contributed by atoms with Crippen LogP contribution in [0.1, 0.15) is 23.2 Å². The van der Waals surface area contributed by atoms with E-state index in [0.29, 0.717) is 5.56 Å². The summed E-state index contributed by atoms with van der Waals surface area (Å²) in [5, 5.41) is 3.46. The summed E-state index contributed by atoms with van der Waals surface area (Å²) >= 11 is 0. The Morgan fingerprint density at radius 1 is 1.28 bits per heavy atom. The van der Waals surface area contributed by atoms with Crippen LogP contribution in [0.5, 0.6) is 0 Å². The van der Waals surface area contributed by atoms with Crippen molar-refractivity contribution in [1.82, 2.24) is 10.2 Å². The molecule has 1 aromatic carbocycles. The molecule has 1 N–H and O–H groups in total. The Morgan fingerprint density at radius 3 is 2.56 bits per heavy atom. The maximum absolute atomic E-state index is 12.8. The van der Waals surface area contributed by atoms with Gasteiger partial charge in [-0.05, 0) is 37.1 Å². The van der Waals surface area contributed by atoms with E-state index in [4.69, 9.17) is 0 Å². The average molecular weight is 271 g/mol. The molecular weight excluding hydrogens is 255 g/mol. The van der Waals surface area contributed by atoms with Crippen LogP contribution in [0.2, 0.25) is 0 Å². The van der Waals surface area contributed by atoms with Crippen LogP contribution in [0.25, 0.3) is 0 Å². The van der Waals surface area contributed by atoms with Gasteiger partial charge in [0.25, 0.3) is 5.91 Å². The quantitative estimate of drug-likeness (QED) is 0.844. The highest BCUT2D eigenvalue weighted by atomic mass is 35.5. The SMILES string of the molecule is Cl.O=C(c1ccc(F)cc1)N1CCNC2(CC2)C1. The second-order valence-electron chi connectivity index (χ2n) is 4.94. The number of hydrogen-bond acceptors (Lipinski definition) is 2. The molecule has 1 aromatic rings. The van der Waals surface area contributed by atoms with E-state index < -0.39 is 0 Å². The molecule has 3 nitrogen and oxygen atoms in total. The van der Waals surface area contributed by atoms with Crippen molar-refractivity contribution in [1.29, 1.82) is 0 Å². The third-order valence-electron chi connectivity index (χ3n) is 3.61. The van der Waals surface area contributed by atoms with Gasteiger partial charge in [0.05, 0.1) is 0 Å². The summed E-state index contributed by atoms with van der Waals surface area (Å²) in [6.07, 6.45) is 2.31. The van der Waals surface area contributed by atoms with Crippen molar-refractivity contribution >= 4 is 18.3 Å². The van der Waals surface area contributed by atoms with E-state index in [0.717, 1.165) is 32.5 Å². The van der Waals surface area contributed by atoms with Gasteiger partial charge >= 0.3 is 0 Å². The minimum absolute atomic E-state index is 0. The van der Waals surface area contributed by atoms with Crippen molar-refractivity contribution < 1.29 is 9.18 Å². The zero-order valence-corrected chi connectivity index (χ0v) is 10.8. The lowest BCUT2D eigenvalue weighted by Crippen LogP contribution is -2.54. The van der Waals surface area contributed by atoms with Crippen LogP contribution in [0.4, 0.5) is 4.39 Å². The molecule has 1 aliphatic carbocycles. The van der Waals surface area contributed by atoms with Crippen LogP contribution in [-0.4, -0.2) is 36.0 Å². The van der Waals surface area contributed by atoms with Crippen molar-refractivity contribution in [2.45, 2.75) is 18.4 Å². The number of benzene rings is 1. The maximum atomic E-state index is 12.8. The predicted molar refractivity (Wildman–Crippen MR) is 69.5 cm³/mol. The van der Waals surface area contributed by atoms with Gasteiger partial charge in [-0.15, -0.1) is 12.4 Å². The number of carbonyl (C=O) groups is 1. The highest BCUT2D eigenvalue weighted by Crippen LogP contribution is 2.37. The van der Waals surface area contributed by atoms with Gasteiger partial charge in [0.15, 0.2) is 0 Å². The Kier molecular flexibility index (Phi) is 3.59. The summed E-state index contributed by atoms with van der Waals surface area (Å²) in [6.45, 7) is 2.37. The molecule has 18 heavy (non-hydrogen) atoms. The van der Waals surface area contributed by atoms with Gasteiger partial charge in [0, 0.05) is 30.7 Å². The largest absolute Gasteiger partial charge is 0.336 e. The summed E-state index contributed by atoms with van der Waals surface area (Å²) in [4.78, 5) is 14.1. The Hall–Kier alpha value is -1.13. The highest BCUT2D eigenvalue weighted by molar-refractivity contribution is 5.94.